The van der Waals surface area contributed by atoms with Gasteiger partial charge in [0.1, 0.15) is 5.02 Å². The molecule has 7 nitrogen and oxygen atoms in total. The van der Waals surface area contributed by atoms with E-state index in [1.54, 1.807) is 4.90 Å². The molecule has 1 aromatic rings. The number of unbranched alkanes of at least 4 members (excludes halogenated alkanes) is 1. The molecule has 28 heavy (non-hydrogen) atoms. The highest BCUT2D eigenvalue weighted by molar-refractivity contribution is 6.33. The van der Waals surface area contributed by atoms with Crippen molar-refractivity contribution in [2.24, 2.45) is 5.92 Å². The Labute approximate surface area is 170 Å². The highest BCUT2D eigenvalue weighted by Crippen LogP contribution is 2.40. The fourth-order valence-electron chi connectivity index (χ4n) is 4.04. The van der Waals surface area contributed by atoms with E-state index in [0.717, 1.165) is 32.0 Å². The summed E-state index contributed by atoms with van der Waals surface area (Å²) >= 11 is 6.03. The van der Waals surface area contributed by atoms with Gasteiger partial charge in [-0.25, -0.2) is 0 Å². The summed E-state index contributed by atoms with van der Waals surface area (Å²) in [5.74, 6) is 1.06. The number of halogens is 1. The number of nitrogens with zero attached hydrogens (tertiary/aromatic N) is 3. The molecule has 0 spiro atoms. The normalized spacial score (nSPS) is 18.1. The van der Waals surface area contributed by atoms with Crippen LogP contribution in [0.5, 0.6) is 5.75 Å². The molecule has 2 heterocycles. The highest BCUT2D eigenvalue weighted by atomic mass is 35.5. The van der Waals surface area contributed by atoms with Gasteiger partial charge >= 0.3 is 0 Å². The maximum atomic E-state index is 12.3. The standard InChI is InChI=1S/C20H28ClN3O4/c1-2-3-5-15-6-10-22(11-7-15)8-4-9-23-18-12-16(21)17(24(26)27)13-19(18)28-14-20(23)25/h12-13,15H,2-11,14H2,1H3. The third-order valence-corrected chi connectivity index (χ3v) is 6.00. The number of nitro groups is 1. The number of rotatable bonds is 8. The van der Waals surface area contributed by atoms with Gasteiger partial charge in [-0.05, 0) is 50.9 Å². The van der Waals surface area contributed by atoms with E-state index in [9.17, 15) is 14.9 Å². The molecule has 1 saturated heterocycles. The van der Waals surface area contributed by atoms with Crippen molar-refractivity contribution in [1.29, 1.82) is 0 Å². The second-order valence-corrected chi connectivity index (χ2v) is 8.05. The molecule has 154 valence electrons. The number of anilines is 1. The summed E-state index contributed by atoms with van der Waals surface area (Å²) in [6.45, 7) is 5.89. The van der Waals surface area contributed by atoms with Crippen molar-refractivity contribution in [2.45, 2.75) is 45.4 Å². The molecular weight excluding hydrogens is 382 g/mol. The third-order valence-electron chi connectivity index (χ3n) is 5.70. The van der Waals surface area contributed by atoms with Crippen LogP contribution in [0.4, 0.5) is 11.4 Å². The Kier molecular flexibility index (Phi) is 7.13. The molecule has 0 N–H and O–H groups in total. The molecule has 1 fully saturated rings. The number of nitro benzene ring substituents is 1. The lowest BCUT2D eigenvalue weighted by atomic mass is 9.91. The summed E-state index contributed by atoms with van der Waals surface area (Å²) in [6.07, 6.45) is 7.30. The van der Waals surface area contributed by atoms with Gasteiger partial charge in [0.2, 0.25) is 0 Å². The van der Waals surface area contributed by atoms with E-state index in [4.69, 9.17) is 16.3 Å². The first-order valence-electron chi connectivity index (χ1n) is 10.1. The van der Waals surface area contributed by atoms with Crippen LogP contribution in [-0.4, -0.2) is 48.5 Å². The van der Waals surface area contributed by atoms with Gasteiger partial charge in [-0.3, -0.25) is 14.9 Å². The fraction of sp³-hybridized carbons (Fsp3) is 0.650. The van der Waals surface area contributed by atoms with Crippen molar-refractivity contribution >= 4 is 28.9 Å². The zero-order valence-electron chi connectivity index (χ0n) is 16.4. The first kappa shape index (κ1) is 20.9. The van der Waals surface area contributed by atoms with E-state index in [-0.39, 0.29) is 23.2 Å². The largest absolute Gasteiger partial charge is 0.481 e. The maximum absolute atomic E-state index is 12.3. The van der Waals surface area contributed by atoms with Crippen LogP contribution in [0, 0.1) is 16.0 Å². The summed E-state index contributed by atoms with van der Waals surface area (Å²) in [7, 11) is 0. The summed E-state index contributed by atoms with van der Waals surface area (Å²) in [5, 5.41) is 11.1. The topological polar surface area (TPSA) is 75.9 Å². The van der Waals surface area contributed by atoms with Crippen molar-refractivity contribution in [2.75, 3.05) is 37.7 Å². The Balaban J connectivity index is 1.55. The number of amides is 1. The van der Waals surface area contributed by atoms with Crippen LogP contribution in [-0.2, 0) is 4.79 Å². The van der Waals surface area contributed by atoms with Gasteiger partial charge in [-0.15, -0.1) is 0 Å². The van der Waals surface area contributed by atoms with E-state index in [2.05, 4.69) is 11.8 Å². The average Bonchev–Trinajstić information content (AvgIpc) is 2.68. The van der Waals surface area contributed by atoms with Crippen LogP contribution in [0.1, 0.15) is 45.4 Å². The molecule has 0 saturated carbocycles. The van der Waals surface area contributed by atoms with Crippen LogP contribution in [0.15, 0.2) is 12.1 Å². The van der Waals surface area contributed by atoms with Crippen molar-refractivity contribution < 1.29 is 14.5 Å². The van der Waals surface area contributed by atoms with Crippen molar-refractivity contribution in [3.63, 3.8) is 0 Å². The van der Waals surface area contributed by atoms with Crippen molar-refractivity contribution in [3.8, 4) is 5.75 Å². The molecule has 1 aromatic carbocycles. The number of piperidine rings is 1. The van der Waals surface area contributed by atoms with Crippen LogP contribution >= 0.6 is 11.6 Å². The highest BCUT2D eigenvalue weighted by Gasteiger charge is 2.29. The summed E-state index contributed by atoms with van der Waals surface area (Å²) in [6, 6.07) is 2.77. The Bertz CT molecular complexity index is 720. The lowest BCUT2D eigenvalue weighted by Gasteiger charge is -2.33. The van der Waals surface area contributed by atoms with Crippen molar-refractivity contribution in [3.05, 3.63) is 27.3 Å². The Morgan fingerprint density at radius 1 is 1.25 bits per heavy atom. The number of carbonyl (C=O) groups excluding carboxylic acids is 1. The van der Waals surface area contributed by atoms with Crippen LogP contribution < -0.4 is 9.64 Å². The van der Waals surface area contributed by atoms with Gasteiger partial charge in [-0.1, -0.05) is 37.8 Å². The van der Waals surface area contributed by atoms with E-state index in [0.29, 0.717) is 18.0 Å². The number of benzene rings is 1. The molecule has 1 amide bonds. The molecule has 8 heteroatoms. The minimum absolute atomic E-state index is 0.0150. The summed E-state index contributed by atoms with van der Waals surface area (Å²) < 4.78 is 5.39. The molecule has 0 aliphatic carbocycles. The van der Waals surface area contributed by atoms with Gasteiger partial charge in [0.05, 0.1) is 16.7 Å². The minimum Gasteiger partial charge on any atom is -0.481 e. The minimum atomic E-state index is -0.545. The van der Waals surface area contributed by atoms with Crippen LogP contribution in [0.2, 0.25) is 5.02 Å². The molecule has 0 unspecified atom stereocenters. The molecule has 0 aromatic heterocycles. The van der Waals surface area contributed by atoms with Crippen LogP contribution in [0.3, 0.4) is 0 Å². The number of hydrogen-bond donors (Lipinski definition) is 0. The lowest BCUT2D eigenvalue weighted by molar-refractivity contribution is -0.384. The number of carbonyl (C=O) groups is 1. The second kappa shape index (κ2) is 9.56. The number of ether oxygens (including phenoxy) is 1. The molecule has 0 atom stereocenters. The zero-order valence-corrected chi connectivity index (χ0v) is 17.1. The van der Waals surface area contributed by atoms with Crippen molar-refractivity contribution in [1.82, 2.24) is 4.90 Å². The maximum Gasteiger partial charge on any atom is 0.291 e. The predicted molar refractivity (Wildman–Crippen MR) is 109 cm³/mol. The van der Waals surface area contributed by atoms with Gasteiger partial charge < -0.3 is 14.5 Å². The Hall–Kier alpha value is -1.86. The SMILES string of the molecule is CCCCC1CCN(CCCN2C(=O)COc3cc([N+](=O)[O-])c(Cl)cc32)CC1. The molecule has 0 radical (unpaired) electrons. The molecule has 2 aliphatic rings. The molecule has 3 rings (SSSR count). The molecule has 2 aliphatic heterocycles. The quantitative estimate of drug-likeness (QED) is 0.473. The van der Waals surface area contributed by atoms with Crippen LogP contribution in [0.25, 0.3) is 0 Å². The Morgan fingerprint density at radius 3 is 2.68 bits per heavy atom. The molecule has 0 bridgehead atoms. The first-order chi connectivity index (χ1) is 13.5. The van der Waals surface area contributed by atoms with E-state index < -0.39 is 4.92 Å². The van der Waals surface area contributed by atoms with E-state index >= 15 is 0 Å². The molecular formula is C20H28ClN3O4. The first-order valence-corrected chi connectivity index (χ1v) is 10.5. The Morgan fingerprint density at radius 2 is 2.00 bits per heavy atom. The fourth-order valence-corrected chi connectivity index (χ4v) is 4.27. The number of hydrogen-bond acceptors (Lipinski definition) is 5. The monoisotopic (exact) mass is 409 g/mol. The summed E-state index contributed by atoms with van der Waals surface area (Å²) in [4.78, 5) is 27.0. The van der Waals surface area contributed by atoms with Gasteiger partial charge in [-0.2, -0.15) is 0 Å². The summed E-state index contributed by atoms with van der Waals surface area (Å²) in [5.41, 5.74) is 0.311. The van der Waals surface area contributed by atoms with E-state index in [1.165, 1.54) is 44.2 Å². The van der Waals surface area contributed by atoms with Gasteiger partial charge in [0.25, 0.3) is 11.6 Å². The third kappa shape index (κ3) is 4.94. The average molecular weight is 410 g/mol. The lowest BCUT2D eigenvalue weighted by Crippen LogP contribution is -2.41. The van der Waals surface area contributed by atoms with E-state index in [1.807, 2.05) is 0 Å². The predicted octanol–water partition coefficient (Wildman–Crippen LogP) is 4.27. The van der Waals surface area contributed by atoms with Gasteiger partial charge in [0, 0.05) is 6.54 Å². The zero-order chi connectivity index (χ0) is 20.1. The number of likely N-dealkylation sites (tertiary alicyclic amines) is 1. The second-order valence-electron chi connectivity index (χ2n) is 7.64. The number of fused-ring (bicyclic) bond motifs is 1. The smallest absolute Gasteiger partial charge is 0.291 e. The van der Waals surface area contributed by atoms with Gasteiger partial charge in [0.15, 0.2) is 12.4 Å².